The molecule has 6 heteroatoms. The van der Waals surface area contributed by atoms with Gasteiger partial charge in [-0.05, 0) is 49.9 Å². The molecule has 1 atom stereocenters. The Morgan fingerprint density at radius 3 is 2.37 bits per heavy atom. The summed E-state index contributed by atoms with van der Waals surface area (Å²) in [6, 6.07) is 27.5. The first-order chi connectivity index (χ1) is 17.0. The highest BCUT2D eigenvalue weighted by Gasteiger charge is 2.40. The Balaban J connectivity index is 1.62. The van der Waals surface area contributed by atoms with Crippen molar-refractivity contribution in [2.75, 3.05) is 11.4 Å². The van der Waals surface area contributed by atoms with Gasteiger partial charge in [-0.1, -0.05) is 89.6 Å². The molecule has 3 aromatic carbocycles. The second-order valence-electron chi connectivity index (χ2n) is 8.59. The van der Waals surface area contributed by atoms with E-state index in [0.29, 0.717) is 30.1 Å². The minimum atomic E-state index is -0.466. The van der Waals surface area contributed by atoms with Gasteiger partial charge in [0.2, 0.25) is 5.91 Å². The van der Waals surface area contributed by atoms with E-state index in [2.05, 4.69) is 17.5 Å². The predicted octanol–water partition coefficient (Wildman–Crippen LogP) is 5.09. The zero-order chi connectivity index (χ0) is 24.8. The van der Waals surface area contributed by atoms with Gasteiger partial charge < -0.3 is 5.32 Å². The lowest BCUT2D eigenvalue weighted by molar-refractivity contribution is -0.117. The fourth-order valence-corrected chi connectivity index (χ4v) is 5.33. The summed E-state index contributed by atoms with van der Waals surface area (Å²) in [5.41, 5.74) is 4.95. The molecule has 1 heterocycles. The van der Waals surface area contributed by atoms with Gasteiger partial charge >= 0.3 is 0 Å². The van der Waals surface area contributed by atoms with E-state index in [1.807, 2.05) is 86.6 Å². The van der Waals surface area contributed by atoms with Crippen LogP contribution in [0.3, 0.4) is 0 Å². The highest BCUT2D eigenvalue weighted by Crippen LogP contribution is 2.42. The van der Waals surface area contributed by atoms with Crippen LogP contribution in [0.5, 0.6) is 0 Å². The Morgan fingerprint density at radius 1 is 0.971 bits per heavy atom. The van der Waals surface area contributed by atoms with E-state index in [-0.39, 0.29) is 11.5 Å². The van der Waals surface area contributed by atoms with Gasteiger partial charge in [-0.25, -0.2) is 0 Å². The van der Waals surface area contributed by atoms with E-state index in [1.165, 1.54) is 16.7 Å². The topological polar surface area (TPSA) is 73.2 Å². The molecule has 1 saturated heterocycles. The molecule has 2 amide bonds. The first-order valence-corrected chi connectivity index (χ1v) is 12.4. The van der Waals surface area contributed by atoms with Gasteiger partial charge in [0.25, 0.3) is 5.91 Å². The quantitative estimate of drug-likeness (QED) is 0.377. The van der Waals surface area contributed by atoms with Gasteiger partial charge in [0, 0.05) is 12.2 Å². The van der Waals surface area contributed by atoms with Crippen molar-refractivity contribution in [1.82, 2.24) is 5.32 Å². The fourth-order valence-electron chi connectivity index (χ4n) is 4.02. The number of amides is 2. The molecule has 0 aromatic heterocycles. The monoisotopic (exact) mass is 481 g/mol. The van der Waals surface area contributed by atoms with Crippen LogP contribution in [0.15, 0.2) is 89.5 Å². The molecule has 0 spiro atoms. The molecular formula is C29H27N3O2S. The minimum absolute atomic E-state index is 0.0382. The molecule has 1 aliphatic rings. The number of nitriles is 1. The molecule has 5 nitrogen and oxygen atoms in total. The Hall–Kier alpha value is -3.82. The van der Waals surface area contributed by atoms with E-state index in [1.54, 1.807) is 0 Å². The number of hydrogen-bond donors (Lipinski definition) is 1. The Kier molecular flexibility index (Phi) is 7.69. The second-order valence-corrected chi connectivity index (χ2v) is 9.78. The Labute approximate surface area is 210 Å². The van der Waals surface area contributed by atoms with Crippen LogP contribution in [0.4, 0.5) is 5.69 Å². The largest absolute Gasteiger partial charge is 0.351 e. The number of rotatable bonds is 7. The zero-order valence-electron chi connectivity index (χ0n) is 19.8. The normalized spacial score (nSPS) is 16.7. The number of benzene rings is 3. The summed E-state index contributed by atoms with van der Waals surface area (Å²) in [6.07, 6.45) is 1.18. The number of thioether (sulfide) groups is 1. The van der Waals surface area contributed by atoms with Crippen molar-refractivity contribution in [3.8, 4) is 6.07 Å². The van der Waals surface area contributed by atoms with Crippen molar-refractivity contribution in [3.05, 3.63) is 112 Å². The summed E-state index contributed by atoms with van der Waals surface area (Å²) in [5, 5.41) is 12.8. The average Bonchev–Trinajstić information content (AvgIpc) is 3.16. The molecule has 3 aromatic rings. The molecule has 176 valence electrons. The van der Waals surface area contributed by atoms with Gasteiger partial charge in [-0.3, -0.25) is 14.5 Å². The molecule has 1 N–H and O–H groups in total. The predicted molar refractivity (Wildman–Crippen MR) is 141 cm³/mol. The lowest BCUT2D eigenvalue weighted by Crippen LogP contribution is -2.32. The summed E-state index contributed by atoms with van der Waals surface area (Å²) >= 11 is 1.29. The molecule has 4 rings (SSSR count). The SMILES string of the molecule is Cc1ccc(N2C(=O)C(Cc3cccc(C)c3)SC2=C(C#N)C(=O)NCCc2ccccc2)cc1. The molecule has 0 radical (unpaired) electrons. The van der Waals surface area contributed by atoms with E-state index in [4.69, 9.17) is 0 Å². The summed E-state index contributed by atoms with van der Waals surface area (Å²) < 4.78 is 0. The molecular weight excluding hydrogens is 454 g/mol. The number of nitrogens with zero attached hydrogens (tertiary/aromatic N) is 2. The summed E-state index contributed by atoms with van der Waals surface area (Å²) in [6.45, 7) is 4.39. The summed E-state index contributed by atoms with van der Waals surface area (Å²) in [7, 11) is 0. The lowest BCUT2D eigenvalue weighted by atomic mass is 10.1. The number of aryl methyl sites for hydroxylation is 2. The van der Waals surface area contributed by atoms with E-state index in [0.717, 1.165) is 22.3 Å². The maximum atomic E-state index is 13.6. The third-order valence-electron chi connectivity index (χ3n) is 5.84. The van der Waals surface area contributed by atoms with Gasteiger partial charge in [-0.15, -0.1) is 0 Å². The van der Waals surface area contributed by atoms with Crippen LogP contribution >= 0.6 is 11.8 Å². The third kappa shape index (κ3) is 5.82. The van der Waals surface area contributed by atoms with Crippen molar-refractivity contribution in [2.24, 2.45) is 0 Å². The number of hydrogen-bond acceptors (Lipinski definition) is 4. The van der Waals surface area contributed by atoms with E-state index < -0.39 is 11.2 Å². The van der Waals surface area contributed by atoms with Crippen molar-refractivity contribution in [1.29, 1.82) is 5.26 Å². The molecule has 0 aliphatic carbocycles. The highest BCUT2D eigenvalue weighted by atomic mass is 32.2. The lowest BCUT2D eigenvalue weighted by Gasteiger charge is -2.19. The first-order valence-electron chi connectivity index (χ1n) is 11.6. The van der Waals surface area contributed by atoms with Crippen molar-refractivity contribution >= 4 is 29.3 Å². The molecule has 0 saturated carbocycles. The van der Waals surface area contributed by atoms with Crippen LogP contribution in [0, 0.1) is 25.2 Å². The maximum Gasteiger partial charge on any atom is 0.264 e. The molecule has 35 heavy (non-hydrogen) atoms. The van der Waals surface area contributed by atoms with Crippen LogP contribution in [-0.2, 0) is 22.4 Å². The fraction of sp³-hybridized carbons (Fsp3) is 0.207. The summed E-state index contributed by atoms with van der Waals surface area (Å²) in [5.74, 6) is -0.591. The molecule has 0 bridgehead atoms. The molecule has 1 aliphatic heterocycles. The van der Waals surface area contributed by atoms with Crippen molar-refractivity contribution < 1.29 is 9.59 Å². The number of carbonyl (C=O) groups is 2. The van der Waals surface area contributed by atoms with Crippen molar-refractivity contribution in [3.63, 3.8) is 0 Å². The van der Waals surface area contributed by atoms with Crippen LogP contribution in [0.2, 0.25) is 0 Å². The third-order valence-corrected chi connectivity index (χ3v) is 7.11. The van der Waals surface area contributed by atoms with Gasteiger partial charge in [0.05, 0.1) is 5.25 Å². The average molecular weight is 482 g/mol. The first kappa shape index (κ1) is 24.3. The second kappa shape index (κ2) is 11.1. The Morgan fingerprint density at radius 2 is 1.69 bits per heavy atom. The molecule has 1 unspecified atom stereocenters. The van der Waals surface area contributed by atoms with Gasteiger partial charge in [0.15, 0.2) is 0 Å². The van der Waals surface area contributed by atoms with Crippen LogP contribution in [0.25, 0.3) is 0 Å². The zero-order valence-corrected chi connectivity index (χ0v) is 20.6. The number of nitrogens with one attached hydrogen (secondary N) is 1. The smallest absolute Gasteiger partial charge is 0.264 e. The molecule has 1 fully saturated rings. The Bertz CT molecular complexity index is 1290. The minimum Gasteiger partial charge on any atom is -0.351 e. The standard InChI is InChI=1S/C29H27N3O2S/c1-20-11-13-24(14-12-20)32-28(34)26(18-23-10-6-7-21(2)17-23)35-29(32)25(19-30)27(33)31-16-15-22-8-4-3-5-9-22/h3-14,17,26H,15-16,18H2,1-2H3,(H,31,33). The van der Waals surface area contributed by atoms with Crippen LogP contribution in [-0.4, -0.2) is 23.6 Å². The van der Waals surface area contributed by atoms with Crippen LogP contribution < -0.4 is 10.2 Å². The van der Waals surface area contributed by atoms with Gasteiger partial charge in [-0.2, -0.15) is 5.26 Å². The summed E-state index contributed by atoms with van der Waals surface area (Å²) in [4.78, 5) is 28.1. The number of carbonyl (C=O) groups excluding carboxylic acids is 2. The van der Waals surface area contributed by atoms with E-state index in [9.17, 15) is 14.9 Å². The van der Waals surface area contributed by atoms with Crippen LogP contribution in [0.1, 0.15) is 22.3 Å². The highest BCUT2D eigenvalue weighted by molar-refractivity contribution is 8.05. The number of anilines is 1. The van der Waals surface area contributed by atoms with E-state index >= 15 is 0 Å². The van der Waals surface area contributed by atoms with Gasteiger partial charge in [0.1, 0.15) is 16.7 Å². The maximum absolute atomic E-state index is 13.6. The van der Waals surface area contributed by atoms with Crippen molar-refractivity contribution in [2.45, 2.75) is 31.9 Å².